The summed E-state index contributed by atoms with van der Waals surface area (Å²) in [6.07, 6.45) is 9.63. The van der Waals surface area contributed by atoms with Crippen molar-refractivity contribution in [3.63, 3.8) is 0 Å². The maximum Gasteiger partial charge on any atom is 0.126 e. The third-order valence-electron chi connectivity index (χ3n) is 7.06. The lowest BCUT2D eigenvalue weighted by molar-refractivity contribution is -0.142. The molecule has 4 heteroatoms. The maximum atomic E-state index is 10.5. The molecule has 1 saturated carbocycles. The van der Waals surface area contributed by atoms with Gasteiger partial charge in [-0.05, 0) is 43.7 Å². The predicted molar refractivity (Wildman–Crippen MR) is 101 cm³/mol. The van der Waals surface area contributed by atoms with Gasteiger partial charge in [0.25, 0.3) is 0 Å². The number of methoxy groups -OCH3 is 2. The molecule has 0 spiro atoms. The Kier molecular flexibility index (Phi) is 4.52. The molecule has 1 aromatic rings. The lowest BCUT2D eigenvalue weighted by Crippen LogP contribution is -2.56. The normalized spacial score (nSPS) is 35.2. The number of hydrogen-bond acceptors (Lipinski definition) is 4. The van der Waals surface area contributed by atoms with Crippen LogP contribution in [-0.4, -0.2) is 37.6 Å². The molecule has 1 aliphatic heterocycles. The molecule has 4 atom stereocenters. The van der Waals surface area contributed by atoms with Gasteiger partial charge in [0, 0.05) is 23.0 Å². The summed E-state index contributed by atoms with van der Waals surface area (Å²) in [6, 6.07) is 4.07. The second-order valence-electron chi connectivity index (χ2n) is 8.16. The van der Waals surface area contributed by atoms with Crippen molar-refractivity contribution in [3.05, 3.63) is 35.9 Å². The Morgan fingerprint density at radius 1 is 1.27 bits per heavy atom. The molecule has 4 rings (SSSR count). The first-order chi connectivity index (χ1) is 12.6. The number of ether oxygens (including phenoxy) is 3. The number of fused-ring (bicyclic) bond motifs is 1. The standard InChI is InChI=1S/C22H30O4/c1-4-7-16-13-21-8-5-6-9-22(21,26-16)18(14-23)20-15(12-21)10-17(24-2)11-19(20)25-3/h4,10-11,16,18,23H,1,5-9,12-14H2,2-3H3/t16-,18-,21-,22-/m1/s1. The van der Waals surface area contributed by atoms with Gasteiger partial charge >= 0.3 is 0 Å². The maximum absolute atomic E-state index is 10.5. The lowest BCUT2D eigenvalue weighted by Gasteiger charge is -2.55. The molecule has 0 amide bonds. The number of benzene rings is 1. The van der Waals surface area contributed by atoms with Crippen molar-refractivity contribution < 1.29 is 19.3 Å². The first-order valence-electron chi connectivity index (χ1n) is 9.77. The third kappa shape index (κ3) is 2.35. The molecule has 4 nitrogen and oxygen atoms in total. The topological polar surface area (TPSA) is 47.9 Å². The zero-order valence-corrected chi connectivity index (χ0v) is 15.9. The van der Waals surface area contributed by atoms with Crippen LogP contribution in [0.1, 0.15) is 55.6 Å². The molecule has 0 radical (unpaired) electrons. The van der Waals surface area contributed by atoms with Crippen molar-refractivity contribution in [1.29, 1.82) is 0 Å². The van der Waals surface area contributed by atoms with Crippen LogP contribution in [0, 0.1) is 5.41 Å². The summed E-state index contributed by atoms with van der Waals surface area (Å²) in [5.74, 6) is 1.57. The van der Waals surface area contributed by atoms with Crippen LogP contribution in [0.5, 0.6) is 11.5 Å². The fourth-order valence-electron chi connectivity index (χ4n) is 6.14. The van der Waals surface area contributed by atoms with Gasteiger partial charge in [0.05, 0.1) is 32.5 Å². The van der Waals surface area contributed by atoms with E-state index in [-0.39, 0.29) is 29.6 Å². The molecule has 0 bridgehead atoms. The summed E-state index contributed by atoms with van der Waals surface area (Å²) in [5.41, 5.74) is 2.17. The Labute approximate surface area is 156 Å². The largest absolute Gasteiger partial charge is 0.497 e. The summed E-state index contributed by atoms with van der Waals surface area (Å²) < 4.78 is 18.0. The average molecular weight is 358 g/mol. The number of rotatable bonds is 5. The zero-order valence-electron chi connectivity index (χ0n) is 15.9. The summed E-state index contributed by atoms with van der Waals surface area (Å²) in [6.45, 7) is 4.00. The van der Waals surface area contributed by atoms with Gasteiger partial charge in [-0.15, -0.1) is 6.58 Å². The summed E-state index contributed by atoms with van der Waals surface area (Å²) in [5, 5.41) is 10.5. The minimum atomic E-state index is -0.289. The molecular weight excluding hydrogens is 328 g/mol. The fraction of sp³-hybridized carbons (Fsp3) is 0.636. The highest BCUT2D eigenvalue weighted by molar-refractivity contribution is 5.53. The van der Waals surface area contributed by atoms with Crippen molar-refractivity contribution in [3.8, 4) is 11.5 Å². The SMILES string of the molecule is C=CC[C@@H]1C[C@]23CCCC[C@@]2(O1)[C@H](CO)c1c(cc(OC)cc1OC)C3. The summed E-state index contributed by atoms with van der Waals surface area (Å²) in [4.78, 5) is 0. The monoisotopic (exact) mass is 358 g/mol. The molecule has 1 aromatic carbocycles. The smallest absolute Gasteiger partial charge is 0.126 e. The quantitative estimate of drug-likeness (QED) is 0.808. The molecule has 1 N–H and O–H groups in total. The summed E-state index contributed by atoms with van der Waals surface area (Å²) in [7, 11) is 3.38. The molecule has 0 unspecified atom stereocenters. The van der Waals surface area contributed by atoms with E-state index in [1.165, 1.54) is 12.0 Å². The first kappa shape index (κ1) is 17.9. The minimum absolute atomic E-state index is 0.0535. The number of hydrogen-bond donors (Lipinski definition) is 1. The molecule has 0 aromatic heterocycles. The second kappa shape index (κ2) is 6.58. The highest BCUT2D eigenvalue weighted by Gasteiger charge is 2.65. The van der Waals surface area contributed by atoms with E-state index < -0.39 is 0 Å². The summed E-state index contributed by atoms with van der Waals surface area (Å²) >= 11 is 0. The van der Waals surface area contributed by atoms with Gasteiger partial charge in [0.15, 0.2) is 0 Å². The van der Waals surface area contributed by atoms with Gasteiger partial charge in [-0.1, -0.05) is 18.9 Å². The van der Waals surface area contributed by atoms with Gasteiger partial charge < -0.3 is 19.3 Å². The van der Waals surface area contributed by atoms with E-state index in [0.29, 0.717) is 0 Å². The second-order valence-corrected chi connectivity index (χ2v) is 8.16. The van der Waals surface area contributed by atoms with Crippen LogP contribution in [0.2, 0.25) is 0 Å². The van der Waals surface area contributed by atoms with Crippen molar-refractivity contribution in [2.24, 2.45) is 5.41 Å². The first-order valence-corrected chi connectivity index (χ1v) is 9.77. The molecular formula is C22H30O4. The van der Waals surface area contributed by atoms with Crippen LogP contribution in [0.4, 0.5) is 0 Å². The van der Waals surface area contributed by atoms with E-state index >= 15 is 0 Å². The molecule has 2 fully saturated rings. The van der Waals surface area contributed by atoms with Crippen LogP contribution in [-0.2, 0) is 11.2 Å². The number of aliphatic hydroxyl groups is 1. The van der Waals surface area contributed by atoms with Gasteiger partial charge in [0.2, 0.25) is 0 Å². The Hall–Kier alpha value is -1.52. The van der Waals surface area contributed by atoms with Crippen molar-refractivity contribution in [1.82, 2.24) is 0 Å². The van der Waals surface area contributed by atoms with E-state index in [4.69, 9.17) is 14.2 Å². The van der Waals surface area contributed by atoms with Gasteiger partial charge in [-0.25, -0.2) is 0 Å². The van der Waals surface area contributed by atoms with Crippen molar-refractivity contribution in [2.45, 2.75) is 62.6 Å². The molecule has 26 heavy (non-hydrogen) atoms. The van der Waals surface area contributed by atoms with Crippen LogP contribution in [0.3, 0.4) is 0 Å². The molecule has 2 aliphatic carbocycles. The van der Waals surface area contributed by atoms with Gasteiger partial charge in [-0.2, -0.15) is 0 Å². The Balaban J connectivity index is 1.89. The highest BCUT2D eigenvalue weighted by Crippen LogP contribution is 2.66. The fourth-order valence-corrected chi connectivity index (χ4v) is 6.14. The Bertz CT molecular complexity index is 700. The molecule has 142 valence electrons. The highest BCUT2D eigenvalue weighted by atomic mass is 16.5. The zero-order chi connectivity index (χ0) is 18.4. The predicted octanol–water partition coefficient (Wildman–Crippen LogP) is 4.00. The number of aliphatic hydroxyl groups excluding tert-OH is 1. The minimum Gasteiger partial charge on any atom is -0.497 e. The molecule has 1 heterocycles. The van der Waals surface area contributed by atoms with Crippen LogP contribution < -0.4 is 9.47 Å². The van der Waals surface area contributed by atoms with Crippen molar-refractivity contribution in [2.75, 3.05) is 20.8 Å². The third-order valence-corrected chi connectivity index (χ3v) is 7.06. The van der Waals surface area contributed by atoms with Crippen LogP contribution >= 0.6 is 0 Å². The Morgan fingerprint density at radius 3 is 2.77 bits per heavy atom. The van der Waals surface area contributed by atoms with Gasteiger partial charge in [0.1, 0.15) is 11.5 Å². The van der Waals surface area contributed by atoms with E-state index in [1.54, 1.807) is 14.2 Å². The lowest BCUT2D eigenvalue weighted by atomic mass is 9.51. The van der Waals surface area contributed by atoms with E-state index in [0.717, 1.165) is 55.6 Å². The van der Waals surface area contributed by atoms with Crippen LogP contribution in [0.15, 0.2) is 24.8 Å². The molecule has 1 saturated heterocycles. The molecule has 3 aliphatic rings. The average Bonchev–Trinajstić information content (AvgIpc) is 2.98. The van der Waals surface area contributed by atoms with E-state index in [9.17, 15) is 5.11 Å². The Morgan fingerprint density at radius 2 is 2.08 bits per heavy atom. The van der Waals surface area contributed by atoms with Crippen LogP contribution in [0.25, 0.3) is 0 Å². The van der Waals surface area contributed by atoms with Crippen molar-refractivity contribution >= 4 is 0 Å². The van der Waals surface area contributed by atoms with Gasteiger partial charge in [-0.3, -0.25) is 0 Å². The van der Waals surface area contributed by atoms with E-state index in [2.05, 4.69) is 12.6 Å². The van der Waals surface area contributed by atoms with E-state index in [1.807, 2.05) is 12.1 Å².